The molecule has 1 heterocycles. The number of nitrogens with one attached hydrogen (secondary N) is 2. The van der Waals surface area contributed by atoms with Crippen LogP contribution in [0.25, 0.3) is 0 Å². The first-order valence-corrected chi connectivity index (χ1v) is 5.22. The second-order valence-corrected chi connectivity index (χ2v) is 3.96. The highest BCUT2D eigenvalue weighted by Crippen LogP contribution is 2.24. The van der Waals surface area contributed by atoms with Gasteiger partial charge in [0.2, 0.25) is 0 Å². The molecule has 0 radical (unpaired) electrons. The number of nitrogens with zero attached hydrogens (tertiary/aromatic N) is 1. The third kappa shape index (κ3) is 2.36. The predicted molar refractivity (Wildman–Crippen MR) is 54.3 cm³/mol. The number of aliphatic hydroxyl groups is 1. The number of rotatable bonds is 3. The first-order valence-electron chi connectivity index (χ1n) is 5.22. The number of hydrogen-bond donors (Lipinski definition) is 3. The Balaban J connectivity index is 1.81. The lowest BCUT2D eigenvalue weighted by atomic mass is 10.1. The number of aromatic nitrogens is 2. The summed E-state index contributed by atoms with van der Waals surface area (Å²) in [4.78, 5) is 11.5. The van der Waals surface area contributed by atoms with Gasteiger partial charge in [-0.25, -0.2) is 0 Å². The van der Waals surface area contributed by atoms with Crippen molar-refractivity contribution in [2.45, 2.75) is 25.4 Å². The highest BCUT2D eigenvalue weighted by atomic mass is 16.3. The van der Waals surface area contributed by atoms with Gasteiger partial charge in [0.05, 0.1) is 17.9 Å². The second kappa shape index (κ2) is 4.44. The van der Waals surface area contributed by atoms with Crippen LogP contribution in [0.4, 0.5) is 0 Å². The molecule has 0 saturated heterocycles. The molecule has 15 heavy (non-hydrogen) atoms. The number of carbonyl (C=O) groups is 1. The zero-order chi connectivity index (χ0) is 10.7. The van der Waals surface area contributed by atoms with Crippen molar-refractivity contribution in [1.29, 1.82) is 0 Å². The van der Waals surface area contributed by atoms with E-state index < -0.39 is 0 Å². The Morgan fingerprint density at radius 1 is 1.67 bits per heavy atom. The number of carbonyl (C=O) groups excluding carboxylic acids is 1. The molecule has 0 spiro atoms. The molecule has 1 aliphatic rings. The van der Waals surface area contributed by atoms with Crippen LogP contribution >= 0.6 is 0 Å². The van der Waals surface area contributed by atoms with E-state index >= 15 is 0 Å². The van der Waals surface area contributed by atoms with Crippen LogP contribution in [0.3, 0.4) is 0 Å². The zero-order valence-electron chi connectivity index (χ0n) is 8.44. The van der Waals surface area contributed by atoms with Gasteiger partial charge in [0.15, 0.2) is 0 Å². The molecule has 82 valence electrons. The molecule has 3 N–H and O–H groups in total. The summed E-state index contributed by atoms with van der Waals surface area (Å²) < 4.78 is 0. The monoisotopic (exact) mass is 209 g/mol. The fraction of sp³-hybridized carbons (Fsp3) is 0.600. The van der Waals surface area contributed by atoms with Crippen LogP contribution in [-0.2, 0) is 0 Å². The van der Waals surface area contributed by atoms with Gasteiger partial charge in [0, 0.05) is 18.7 Å². The summed E-state index contributed by atoms with van der Waals surface area (Å²) in [6, 6.07) is 0. The first kappa shape index (κ1) is 10.2. The summed E-state index contributed by atoms with van der Waals surface area (Å²) >= 11 is 0. The number of aliphatic hydroxyl groups excluding tert-OH is 1. The van der Waals surface area contributed by atoms with Gasteiger partial charge in [-0.1, -0.05) is 6.42 Å². The maximum atomic E-state index is 11.5. The molecule has 0 bridgehead atoms. The molecule has 1 aromatic heterocycles. The molecule has 5 heteroatoms. The van der Waals surface area contributed by atoms with E-state index in [0.717, 1.165) is 19.3 Å². The molecule has 2 rings (SSSR count). The number of H-pyrrole nitrogens is 1. The van der Waals surface area contributed by atoms with Crippen LogP contribution in [0.2, 0.25) is 0 Å². The van der Waals surface area contributed by atoms with Gasteiger partial charge in [-0.3, -0.25) is 9.89 Å². The molecular formula is C10H15N3O2. The minimum atomic E-state index is -0.255. The van der Waals surface area contributed by atoms with Crippen molar-refractivity contribution < 1.29 is 9.90 Å². The van der Waals surface area contributed by atoms with Gasteiger partial charge in [0.1, 0.15) is 0 Å². The van der Waals surface area contributed by atoms with Crippen molar-refractivity contribution >= 4 is 5.91 Å². The van der Waals surface area contributed by atoms with Crippen LogP contribution in [0.1, 0.15) is 29.6 Å². The van der Waals surface area contributed by atoms with Gasteiger partial charge in [-0.2, -0.15) is 5.10 Å². The SMILES string of the molecule is O=C(NCC1CCCC1O)c1cn[nH]c1. The average molecular weight is 209 g/mol. The van der Waals surface area contributed by atoms with Crippen LogP contribution in [0.15, 0.2) is 12.4 Å². The summed E-state index contributed by atoms with van der Waals surface area (Å²) in [6.45, 7) is 0.547. The van der Waals surface area contributed by atoms with E-state index in [4.69, 9.17) is 0 Å². The van der Waals surface area contributed by atoms with Crippen LogP contribution in [0, 0.1) is 5.92 Å². The topological polar surface area (TPSA) is 78.0 Å². The van der Waals surface area contributed by atoms with Crippen molar-refractivity contribution in [2.75, 3.05) is 6.54 Å². The summed E-state index contributed by atoms with van der Waals surface area (Å²) in [6.07, 6.45) is 5.68. The molecule has 2 unspecified atom stereocenters. The fourth-order valence-electron chi connectivity index (χ4n) is 1.96. The van der Waals surface area contributed by atoms with E-state index in [1.807, 2.05) is 0 Å². The van der Waals surface area contributed by atoms with Crippen LogP contribution < -0.4 is 5.32 Å². The van der Waals surface area contributed by atoms with Crippen molar-refractivity contribution in [2.24, 2.45) is 5.92 Å². The Bertz CT molecular complexity index is 323. The molecule has 1 aromatic rings. The molecule has 1 amide bonds. The van der Waals surface area contributed by atoms with Crippen LogP contribution in [0.5, 0.6) is 0 Å². The molecule has 1 fully saturated rings. The van der Waals surface area contributed by atoms with Crippen molar-refractivity contribution in [3.8, 4) is 0 Å². The molecule has 5 nitrogen and oxygen atoms in total. The van der Waals surface area contributed by atoms with E-state index in [-0.39, 0.29) is 17.9 Å². The average Bonchev–Trinajstić information content (AvgIpc) is 2.85. The summed E-state index contributed by atoms with van der Waals surface area (Å²) in [5, 5.41) is 18.7. The maximum absolute atomic E-state index is 11.5. The number of amides is 1. The molecule has 1 aliphatic carbocycles. The minimum Gasteiger partial charge on any atom is -0.393 e. The molecule has 1 saturated carbocycles. The Labute approximate surface area is 87.9 Å². The van der Waals surface area contributed by atoms with Gasteiger partial charge >= 0.3 is 0 Å². The van der Waals surface area contributed by atoms with Crippen molar-refractivity contribution in [3.05, 3.63) is 18.0 Å². The Morgan fingerprint density at radius 3 is 3.13 bits per heavy atom. The van der Waals surface area contributed by atoms with E-state index in [9.17, 15) is 9.90 Å². The van der Waals surface area contributed by atoms with E-state index in [1.165, 1.54) is 6.20 Å². The normalized spacial score (nSPS) is 25.4. The summed E-state index contributed by atoms with van der Waals surface area (Å²) in [5.74, 6) is 0.0729. The number of aromatic amines is 1. The smallest absolute Gasteiger partial charge is 0.254 e. The summed E-state index contributed by atoms with van der Waals surface area (Å²) in [7, 11) is 0. The lowest BCUT2D eigenvalue weighted by Crippen LogP contribution is -2.32. The van der Waals surface area contributed by atoms with Crippen molar-refractivity contribution in [1.82, 2.24) is 15.5 Å². The molecule has 2 atom stereocenters. The summed E-state index contributed by atoms with van der Waals surface area (Å²) in [5.41, 5.74) is 0.530. The minimum absolute atomic E-state index is 0.136. The Kier molecular flexibility index (Phi) is 3.01. The standard InChI is InChI=1S/C10H15N3O2/c14-9-3-1-2-7(9)4-11-10(15)8-5-12-13-6-8/h5-7,9,14H,1-4H2,(H,11,15)(H,12,13). The van der Waals surface area contributed by atoms with E-state index in [0.29, 0.717) is 12.1 Å². The maximum Gasteiger partial charge on any atom is 0.254 e. The largest absolute Gasteiger partial charge is 0.393 e. The van der Waals surface area contributed by atoms with Gasteiger partial charge in [-0.15, -0.1) is 0 Å². The number of hydrogen-bond acceptors (Lipinski definition) is 3. The van der Waals surface area contributed by atoms with Gasteiger partial charge in [-0.05, 0) is 12.8 Å². The predicted octanol–water partition coefficient (Wildman–Crippen LogP) is 0.300. The Morgan fingerprint density at radius 2 is 2.53 bits per heavy atom. The third-order valence-electron chi connectivity index (χ3n) is 2.90. The molecule has 0 aliphatic heterocycles. The van der Waals surface area contributed by atoms with Gasteiger partial charge in [0.25, 0.3) is 5.91 Å². The van der Waals surface area contributed by atoms with Gasteiger partial charge < -0.3 is 10.4 Å². The molecular weight excluding hydrogens is 194 g/mol. The fourth-order valence-corrected chi connectivity index (χ4v) is 1.96. The molecule has 0 aromatic carbocycles. The second-order valence-electron chi connectivity index (χ2n) is 3.96. The highest BCUT2D eigenvalue weighted by molar-refractivity contribution is 5.93. The Hall–Kier alpha value is -1.36. The highest BCUT2D eigenvalue weighted by Gasteiger charge is 2.25. The lowest BCUT2D eigenvalue weighted by molar-refractivity contribution is 0.0917. The van der Waals surface area contributed by atoms with E-state index in [2.05, 4.69) is 15.5 Å². The van der Waals surface area contributed by atoms with Crippen LogP contribution in [-0.4, -0.2) is 33.9 Å². The lowest BCUT2D eigenvalue weighted by Gasteiger charge is -2.14. The third-order valence-corrected chi connectivity index (χ3v) is 2.90. The van der Waals surface area contributed by atoms with Crippen molar-refractivity contribution in [3.63, 3.8) is 0 Å². The van der Waals surface area contributed by atoms with E-state index in [1.54, 1.807) is 6.20 Å². The first-order chi connectivity index (χ1) is 7.27. The zero-order valence-corrected chi connectivity index (χ0v) is 8.44. The quantitative estimate of drug-likeness (QED) is 0.670.